The smallest absolute Gasteiger partial charge is 0.408 e. The van der Waals surface area contributed by atoms with E-state index in [1.54, 1.807) is 57.2 Å². The zero-order valence-corrected chi connectivity index (χ0v) is 75.8. The molecule has 0 spiro atoms. The first-order chi connectivity index (χ1) is 60.1. The molecule has 35 nitrogen and oxygen atoms in total. The number of carbonyl (C=O) groups is 9. The number of amides is 1. The minimum atomic E-state index is -1.09. The van der Waals surface area contributed by atoms with E-state index in [-0.39, 0.29) is 19.8 Å². The topological polar surface area (TPSA) is 605 Å². The van der Waals surface area contributed by atoms with Gasteiger partial charge in [0.05, 0.1) is 66.1 Å². The Bertz CT molecular complexity index is 3670. The Hall–Kier alpha value is -9.51. The van der Waals surface area contributed by atoms with Gasteiger partial charge in [-0.1, -0.05) is 180 Å². The fourth-order valence-electron chi connectivity index (χ4n) is 9.26. The lowest BCUT2D eigenvalue weighted by Crippen LogP contribution is -2.46. The van der Waals surface area contributed by atoms with Crippen LogP contribution in [0.4, 0.5) is 4.79 Å². The largest absolute Gasteiger partial charge is 0.464 e. The molecule has 24 N–H and O–H groups in total. The Kier molecular flexibility index (Phi) is 73.4. The Morgan fingerprint density at radius 3 is 1.00 bits per heavy atom. The van der Waals surface area contributed by atoms with Crippen LogP contribution in [0.3, 0.4) is 0 Å². The number of hydrogen-bond donors (Lipinski definition) is 17. The highest BCUT2D eigenvalue weighted by atomic mass is 16.6. The van der Waals surface area contributed by atoms with Gasteiger partial charge in [0, 0.05) is 6.54 Å². The molecule has 0 aromatic heterocycles. The molecule has 8 atom stereocenters. The number of nitrogens with one attached hydrogen (secondary N) is 2. The van der Waals surface area contributed by atoms with Crippen molar-refractivity contribution in [3.05, 3.63) is 155 Å². The number of hydrogen-bond acceptors (Lipinski definition) is 34. The van der Waals surface area contributed by atoms with Crippen molar-refractivity contribution >= 4 is 53.8 Å². The summed E-state index contributed by atoms with van der Waals surface area (Å²) in [7, 11) is 0. The summed E-state index contributed by atoms with van der Waals surface area (Å²) in [5.41, 5.74) is 43.2. The zero-order chi connectivity index (χ0) is 95.6. The summed E-state index contributed by atoms with van der Waals surface area (Å²) in [4.78, 5) is 101. The van der Waals surface area contributed by atoms with Gasteiger partial charge in [0.15, 0.2) is 6.04 Å². The van der Waals surface area contributed by atoms with E-state index in [1.807, 2.05) is 91.9 Å². The molecular formula is C91H149N9O26. The van der Waals surface area contributed by atoms with Crippen molar-refractivity contribution in [1.82, 2.24) is 10.6 Å². The maximum Gasteiger partial charge on any atom is 0.408 e. The van der Waals surface area contributed by atoms with Crippen LogP contribution in [-0.4, -0.2) is 234 Å². The monoisotopic (exact) mass is 1780 g/mol. The summed E-state index contributed by atoms with van der Waals surface area (Å²) in [6.07, 6.45) is 17.6. The molecule has 35 heteroatoms. The fraction of sp³-hybridized carbons (Fsp3) is 0.571. The summed E-state index contributed by atoms with van der Waals surface area (Å²) < 4.78 is 44.5. The molecule has 5 aromatic rings. The Morgan fingerprint density at radius 1 is 0.317 bits per heavy atom. The van der Waals surface area contributed by atoms with Gasteiger partial charge < -0.3 is 134 Å². The Labute approximate surface area is 743 Å². The molecule has 1 amide bonds. The van der Waals surface area contributed by atoms with Crippen molar-refractivity contribution < 1.29 is 127 Å². The van der Waals surface area contributed by atoms with Crippen LogP contribution in [0.2, 0.25) is 0 Å². The highest BCUT2D eigenvalue weighted by Gasteiger charge is 2.26. The molecule has 8 unspecified atom stereocenters. The van der Waals surface area contributed by atoms with Crippen LogP contribution in [0, 0.1) is 0 Å². The molecule has 714 valence electrons. The number of rotatable bonds is 47. The number of carbonyl (C=O) groups excluding carboxylic acids is 9. The number of aryl methyl sites for hydroxylation is 5. The molecule has 0 aliphatic heterocycles. The third-order valence-electron chi connectivity index (χ3n) is 16.6. The average Bonchev–Trinajstić information content (AvgIpc) is 0.905. The molecule has 0 saturated heterocycles. The van der Waals surface area contributed by atoms with Gasteiger partial charge in [0.1, 0.15) is 84.1 Å². The number of aliphatic hydroxyl groups excluding tert-OH is 8. The summed E-state index contributed by atoms with van der Waals surface area (Å²) in [5, 5.41) is 74.8. The van der Waals surface area contributed by atoms with E-state index in [0.717, 1.165) is 139 Å². The number of nitrogens with two attached hydrogens (primary N) is 7. The van der Waals surface area contributed by atoms with Gasteiger partial charge in [-0.25, -0.2) is 28.8 Å². The lowest BCUT2D eigenvalue weighted by atomic mass is 10.1. The van der Waals surface area contributed by atoms with Crippen molar-refractivity contribution in [2.75, 3.05) is 85.8 Å². The minimum absolute atomic E-state index is 0.191. The molecule has 126 heavy (non-hydrogen) atoms. The van der Waals surface area contributed by atoms with Crippen molar-refractivity contribution in [2.45, 2.75) is 252 Å². The molecule has 0 bridgehead atoms. The third-order valence-corrected chi connectivity index (χ3v) is 16.6. The van der Waals surface area contributed by atoms with Gasteiger partial charge in [0.2, 0.25) is 0 Å². The lowest BCUT2D eigenvalue weighted by Gasteiger charge is -2.22. The SMILES string of the molecule is CCCCCOC(=O)C(CO)NC(=O)OC(C)(C)C.CCCCCOC(=O)C(N)CO.CCCCc1ccc(OC(=O)C(N)CO)cc1.CCCCc1cccc(OC(=O)C(N)CO)c1.CCCNCCOC(=O)C(N)CO.CCCc1ccc(OC(=O)C(N)CO)cc1.CCCc1cccc(OC(=O)C(N)CO)c1.CCc1ccc(COC(=O)C(N)CO)cc1. The molecule has 0 saturated carbocycles. The van der Waals surface area contributed by atoms with Crippen LogP contribution >= 0.6 is 0 Å². The van der Waals surface area contributed by atoms with E-state index in [2.05, 4.69) is 59.1 Å². The number of alkyl carbamates (subject to hydrolysis) is 1. The van der Waals surface area contributed by atoms with Gasteiger partial charge >= 0.3 is 53.8 Å². The van der Waals surface area contributed by atoms with Gasteiger partial charge in [0.25, 0.3) is 0 Å². The minimum Gasteiger partial charge on any atom is -0.464 e. The van der Waals surface area contributed by atoms with Crippen LogP contribution in [0.15, 0.2) is 121 Å². The lowest BCUT2D eigenvalue weighted by molar-refractivity contribution is -0.148. The molecular weight excluding hydrogens is 1640 g/mol. The highest BCUT2D eigenvalue weighted by molar-refractivity contribution is 5.82. The standard InChI is InChI=1S/C13H25NO5.2C13H19NO3.3C12H17NO3.C8H18N2O3.C8H17NO3/c1-5-6-7-8-18-11(16)10(9-15)14-12(17)19-13(2,3)4;1-2-3-5-10-6-4-7-11(8-10)17-13(16)12(14)9-15;1-2-3-4-10-5-7-11(8-6-10)17-13(16)12(14)9-15;1-2-9-3-5-10(6-4-9)8-16-12(15)11(13)7-14;1-2-4-9-5-3-6-10(7-9)16-12(15)11(13)8-14;1-2-3-9-4-6-10(7-5-9)16-12(15)11(13)8-14;1-2-3-10-4-5-13-8(12)7(9)6-11;1-2-3-4-5-12-8(11)7(9)6-10/h10,15H,5-9H2,1-4H3,(H,14,17);4,6-8,12,15H,2-3,5,9,14H2,1H3;5-8,12,15H,2-4,9,14H2,1H3;3-6,11,14H,2,7-8,13H2,1H3;3,5-7,11,14H,2,4,8,13H2,1H3;4-7,11,14H,2-3,8,13H2,1H3;7,10-11H,2-6,9H2,1H3;7,10H,2-6,9H2,1H3. The maximum atomic E-state index is 11.6. The third kappa shape index (κ3) is 62.6. The first kappa shape index (κ1) is 121. The normalized spacial score (nSPS) is 12.3. The van der Waals surface area contributed by atoms with E-state index >= 15 is 0 Å². The molecule has 5 rings (SSSR count). The van der Waals surface area contributed by atoms with E-state index in [0.29, 0.717) is 49.4 Å². The first-order valence-corrected chi connectivity index (χ1v) is 42.9. The van der Waals surface area contributed by atoms with E-state index in [9.17, 15) is 43.2 Å². The predicted molar refractivity (Wildman–Crippen MR) is 480 cm³/mol. The molecule has 0 radical (unpaired) electrons. The number of aliphatic hydroxyl groups is 8. The van der Waals surface area contributed by atoms with Crippen molar-refractivity contribution in [1.29, 1.82) is 0 Å². The molecule has 0 aliphatic carbocycles. The summed E-state index contributed by atoms with van der Waals surface area (Å²) in [6, 6.07) is 29.4. The number of benzene rings is 5. The van der Waals surface area contributed by atoms with Crippen molar-refractivity contribution in [2.24, 2.45) is 40.1 Å². The van der Waals surface area contributed by atoms with E-state index in [4.69, 9.17) is 124 Å². The van der Waals surface area contributed by atoms with Crippen LogP contribution in [0.25, 0.3) is 0 Å². The highest BCUT2D eigenvalue weighted by Crippen LogP contribution is 2.20. The van der Waals surface area contributed by atoms with Crippen molar-refractivity contribution in [3.63, 3.8) is 0 Å². The number of esters is 8. The quantitative estimate of drug-likeness (QED) is 0.0101. The van der Waals surface area contributed by atoms with Crippen LogP contribution < -0.4 is 69.7 Å². The zero-order valence-electron chi connectivity index (χ0n) is 75.8. The number of ether oxygens (including phenoxy) is 9. The predicted octanol–water partition coefficient (Wildman–Crippen LogP) is 5.34. The second-order valence-corrected chi connectivity index (χ2v) is 29.3. The second-order valence-electron chi connectivity index (χ2n) is 29.3. The van der Waals surface area contributed by atoms with Gasteiger partial charge in [-0.2, -0.15) is 0 Å². The van der Waals surface area contributed by atoms with Crippen LogP contribution in [-0.2, 0) is 101 Å². The summed E-state index contributed by atoms with van der Waals surface area (Å²) >= 11 is 0. The van der Waals surface area contributed by atoms with Crippen molar-refractivity contribution in [3.8, 4) is 23.0 Å². The van der Waals surface area contributed by atoms with Gasteiger partial charge in [-0.05, 0) is 173 Å². The Balaban J connectivity index is -0.00000138. The first-order valence-electron chi connectivity index (χ1n) is 42.9. The summed E-state index contributed by atoms with van der Waals surface area (Å²) in [5.74, 6) is -2.91. The van der Waals surface area contributed by atoms with E-state index in [1.165, 1.54) is 16.7 Å². The van der Waals surface area contributed by atoms with Gasteiger partial charge in [-0.3, -0.25) is 14.4 Å². The second kappa shape index (κ2) is 76.7. The van der Waals surface area contributed by atoms with Gasteiger partial charge in [-0.15, -0.1) is 0 Å². The van der Waals surface area contributed by atoms with Crippen LogP contribution in [0.5, 0.6) is 23.0 Å². The van der Waals surface area contributed by atoms with E-state index < -0.39 is 147 Å². The fourth-order valence-corrected chi connectivity index (χ4v) is 9.26. The molecule has 0 fully saturated rings. The Morgan fingerprint density at radius 2 is 0.643 bits per heavy atom. The molecule has 0 heterocycles. The molecule has 5 aromatic carbocycles. The summed E-state index contributed by atoms with van der Waals surface area (Å²) in [6.45, 7) is 21.3. The van der Waals surface area contributed by atoms with Crippen LogP contribution in [0.1, 0.15) is 193 Å². The maximum absolute atomic E-state index is 11.6. The number of unbranched alkanes of at least 4 members (excludes halogenated alkanes) is 6. The molecule has 0 aliphatic rings. The average molecular weight is 1790 g/mol.